The van der Waals surface area contributed by atoms with Gasteiger partial charge in [0.25, 0.3) is 0 Å². The highest BCUT2D eigenvalue weighted by Gasteiger charge is 2.10. The first-order chi connectivity index (χ1) is 6.20. The van der Waals surface area contributed by atoms with Crippen LogP contribution in [0.2, 0.25) is 0 Å². The van der Waals surface area contributed by atoms with E-state index >= 15 is 0 Å². The van der Waals surface area contributed by atoms with Crippen molar-refractivity contribution in [1.82, 2.24) is 9.71 Å². The van der Waals surface area contributed by atoms with Gasteiger partial charge >= 0.3 is 0 Å². The molecule has 2 aliphatic rings. The molecular weight excluding hydrogens is 168 g/mol. The van der Waals surface area contributed by atoms with Crippen molar-refractivity contribution in [2.24, 2.45) is 0 Å². The molecule has 0 radical (unpaired) electrons. The molecule has 0 aliphatic carbocycles. The molecule has 0 saturated carbocycles. The smallest absolute Gasteiger partial charge is 0.191 e. The zero-order chi connectivity index (χ0) is 9.42. The van der Waals surface area contributed by atoms with E-state index in [-0.39, 0.29) is 5.43 Å². The van der Waals surface area contributed by atoms with Crippen LogP contribution in [0.1, 0.15) is 5.69 Å². The van der Waals surface area contributed by atoms with E-state index in [9.17, 15) is 10.0 Å². The molecule has 0 amide bonds. The monoisotopic (exact) mass is 176 g/mol. The Hall–Kier alpha value is -1.84. The first-order valence-electron chi connectivity index (χ1n) is 3.87. The van der Waals surface area contributed by atoms with E-state index in [0.29, 0.717) is 17.1 Å². The van der Waals surface area contributed by atoms with Crippen molar-refractivity contribution in [2.45, 2.75) is 6.92 Å². The number of aromatic nitrogens is 2. The lowest BCUT2D eigenvalue weighted by atomic mass is 10.2. The summed E-state index contributed by atoms with van der Waals surface area (Å²) in [6.07, 6.45) is 1.39. The number of nitrogens with zero attached hydrogens (tertiary/aromatic N) is 2. The van der Waals surface area contributed by atoms with E-state index in [1.54, 1.807) is 19.1 Å². The maximum Gasteiger partial charge on any atom is 0.191 e. The van der Waals surface area contributed by atoms with Crippen LogP contribution in [0.4, 0.5) is 0 Å². The fourth-order valence-corrected chi connectivity index (χ4v) is 1.21. The molecule has 1 N–H and O–H groups in total. The summed E-state index contributed by atoms with van der Waals surface area (Å²) < 4.78 is 0.913. The number of fused-ring (bicyclic) bond motifs is 1. The first kappa shape index (κ1) is 7.79. The summed E-state index contributed by atoms with van der Waals surface area (Å²) >= 11 is 0. The minimum absolute atomic E-state index is 0.132. The van der Waals surface area contributed by atoms with Crippen molar-refractivity contribution < 1.29 is 5.21 Å². The largest absolute Gasteiger partial charge is 0.427 e. The molecular formula is C9H8N2O2. The Balaban J connectivity index is 2.92. The quantitative estimate of drug-likeness (QED) is 0.606. The van der Waals surface area contributed by atoms with Crippen LogP contribution < -0.4 is 5.43 Å². The van der Waals surface area contributed by atoms with Gasteiger partial charge in [-0.1, -0.05) is 0 Å². The van der Waals surface area contributed by atoms with E-state index in [4.69, 9.17) is 0 Å². The first-order valence-corrected chi connectivity index (χ1v) is 3.87. The highest BCUT2D eigenvalue weighted by molar-refractivity contribution is 5.56. The van der Waals surface area contributed by atoms with Gasteiger partial charge in [0.1, 0.15) is 0 Å². The van der Waals surface area contributed by atoms with Crippen molar-refractivity contribution in [3.05, 3.63) is 40.3 Å². The average molecular weight is 176 g/mol. The molecule has 2 rings (SSSR count). The molecule has 0 spiro atoms. The lowest BCUT2D eigenvalue weighted by molar-refractivity contribution is 0.179. The van der Waals surface area contributed by atoms with Crippen LogP contribution in [0.25, 0.3) is 11.4 Å². The van der Waals surface area contributed by atoms with Crippen molar-refractivity contribution in [3.8, 4) is 11.4 Å². The Kier molecular flexibility index (Phi) is 1.55. The second kappa shape index (κ2) is 2.58. The van der Waals surface area contributed by atoms with Gasteiger partial charge in [0.2, 0.25) is 0 Å². The second-order valence-electron chi connectivity index (χ2n) is 2.83. The van der Waals surface area contributed by atoms with Crippen molar-refractivity contribution in [1.29, 1.82) is 0 Å². The van der Waals surface area contributed by atoms with Crippen LogP contribution in [-0.4, -0.2) is 14.9 Å². The third-order valence-corrected chi connectivity index (χ3v) is 1.96. The van der Waals surface area contributed by atoms with E-state index in [1.807, 2.05) is 0 Å². The van der Waals surface area contributed by atoms with E-state index in [1.165, 1.54) is 12.3 Å². The number of hydrogen-bond acceptors (Lipinski definition) is 3. The molecule has 0 atom stereocenters. The summed E-state index contributed by atoms with van der Waals surface area (Å²) in [5.41, 5.74) is 0.939. The molecule has 13 heavy (non-hydrogen) atoms. The zero-order valence-corrected chi connectivity index (χ0v) is 7.06. The van der Waals surface area contributed by atoms with Gasteiger partial charge in [0.15, 0.2) is 11.3 Å². The molecule has 4 nitrogen and oxygen atoms in total. The molecule has 0 bridgehead atoms. The Labute approximate surface area is 74.4 Å². The van der Waals surface area contributed by atoms with Crippen molar-refractivity contribution >= 4 is 0 Å². The molecule has 0 fully saturated rings. The standard InChI is InChI=1S/C9H8N2O2/c1-6-2-3-7-8(12)4-5-10-9(7)11(6)13/h2-5,13H,1H3. The lowest BCUT2D eigenvalue weighted by Gasteiger charge is -2.09. The van der Waals surface area contributed by atoms with Gasteiger partial charge in [-0.05, 0) is 19.1 Å². The topological polar surface area (TPSA) is 55.1 Å². The average Bonchev–Trinajstić information content (AvgIpc) is 2.12. The maximum absolute atomic E-state index is 11.3. The summed E-state index contributed by atoms with van der Waals surface area (Å²) in [5.74, 6) is 0.299. The van der Waals surface area contributed by atoms with Gasteiger partial charge < -0.3 is 5.21 Å². The number of hydrogen-bond donors (Lipinski definition) is 1. The fraction of sp³-hybridized carbons (Fsp3) is 0.111. The predicted octanol–water partition coefficient (Wildman–Crippen LogP) is 0.894. The molecule has 0 unspecified atom stereocenters. The number of rotatable bonds is 0. The Morgan fingerprint density at radius 2 is 2.15 bits per heavy atom. The van der Waals surface area contributed by atoms with E-state index in [2.05, 4.69) is 4.98 Å². The van der Waals surface area contributed by atoms with Gasteiger partial charge in [-0.2, -0.15) is 4.73 Å². The number of aryl methyl sites for hydroxylation is 1. The van der Waals surface area contributed by atoms with Gasteiger partial charge in [-0.3, -0.25) is 4.79 Å². The van der Waals surface area contributed by atoms with E-state index < -0.39 is 0 Å². The third kappa shape index (κ3) is 1.07. The predicted molar refractivity (Wildman–Crippen MR) is 47.0 cm³/mol. The van der Waals surface area contributed by atoms with Gasteiger partial charge in [0, 0.05) is 12.3 Å². The Morgan fingerprint density at radius 3 is 2.92 bits per heavy atom. The maximum atomic E-state index is 11.3. The lowest BCUT2D eigenvalue weighted by Crippen LogP contribution is -2.13. The fourth-order valence-electron chi connectivity index (χ4n) is 1.21. The summed E-state index contributed by atoms with van der Waals surface area (Å²) in [4.78, 5) is 15.2. The molecule has 0 aromatic rings. The molecule has 2 aliphatic heterocycles. The van der Waals surface area contributed by atoms with Crippen LogP contribution >= 0.6 is 0 Å². The normalized spacial score (nSPS) is 10.5. The van der Waals surface area contributed by atoms with E-state index in [0.717, 1.165) is 4.73 Å². The third-order valence-electron chi connectivity index (χ3n) is 1.96. The highest BCUT2D eigenvalue weighted by Crippen LogP contribution is 2.14. The highest BCUT2D eigenvalue weighted by atomic mass is 16.5. The molecule has 66 valence electrons. The Bertz CT molecular complexity index is 476. The summed E-state index contributed by atoms with van der Waals surface area (Å²) in [5, 5.41) is 9.50. The summed E-state index contributed by atoms with van der Waals surface area (Å²) in [6.45, 7) is 1.73. The summed E-state index contributed by atoms with van der Waals surface area (Å²) in [7, 11) is 0. The van der Waals surface area contributed by atoms with Crippen molar-refractivity contribution in [3.63, 3.8) is 0 Å². The Morgan fingerprint density at radius 1 is 1.38 bits per heavy atom. The minimum Gasteiger partial charge on any atom is -0.427 e. The zero-order valence-electron chi connectivity index (χ0n) is 7.06. The molecule has 0 aromatic heterocycles. The molecule has 4 heteroatoms. The van der Waals surface area contributed by atoms with Gasteiger partial charge in [-0.25, -0.2) is 4.98 Å². The molecule has 2 heterocycles. The second-order valence-corrected chi connectivity index (χ2v) is 2.83. The van der Waals surface area contributed by atoms with Crippen LogP contribution in [0.5, 0.6) is 0 Å². The minimum atomic E-state index is -0.132. The molecule has 0 saturated heterocycles. The van der Waals surface area contributed by atoms with Crippen LogP contribution in [0.3, 0.4) is 0 Å². The summed E-state index contributed by atoms with van der Waals surface area (Å²) in [6, 6.07) is 4.70. The van der Waals surface area contributed by atoms with Crippen LogP contribution in [-0.2, 0) is 0 Å². The SMILES string of the molecule is Cc1ccc2c(=O)ccnc-2n1O. The van der Waals surface area contributed by atoms with Crippen LogP contribution in [0, 0.1) is 6.92 Å². The van der Waals surface area contributed by atoms with Crippen molar-refractivity contribution in [2.75, 3.05) is 0 Å². The van der Waals surface area contributed by atoms with Gasteiger partial charge in [0.05, 0.1) is 11.3 Å². The molecule has 0 aromatic carbocycles. The van der Waals surface area contributed by atoms with Crippen LogP contribution in [0.15, 0.2) is 29.2 Å². The number of pyridine rings is 2. The van der Waals surface area contributed by atoms with Gasteiger partial charge in [-0.15, -0.1) is 0 Å².